The molecule has 0 amide bonds. The van der Waals surface area contributed by atoms with Gasteiger partial charge in [0.15, 0.2) is 11.5 Å². The van der Waals surface area contributed by atoms with Gasteiger partial charge in [-0.05, 0) is 54.0 Å². The van der Waals surface area contributed by atoms with Crippen molar-refractivity contribution in [3.63, 3.8) is 0 Å². The van der Waals surface area contributed by atoms with E-state index in [0.717, 1.165) is 11.1 Å². The summed E-state index contributed by atoms with van der Waals surface area (Å²) in [4.78, 5) is 0. The number of fused-ring (bicyclic) bond motifs is 1. The van der Waals surface area contributed by atoms with E-state index in [4.69, 9.17) is 9.47 Å². The van der Waals surface area contributed by atoms with Crippen LogP contribution in [0.4, 0.5) is 4.39 Å². The van der Waals surface area contributed by atoms with Gasteiger partial charge in [0.05, 0.1) is 11.6 Å². The summed E-state index contributed by atoms with van der Waals surface area (Å²) >= 11 is 0. The summed E-state index contributed by atoms with van der Waals surface area (Å²) < 4.78 is 23.9. The van der Waals surface area contributed by atoms with Gasteiger partial charge in [0, 0.05) is 0 Å². The number of nitrogens with zero attached hydrogens (tertiary/aromatic N) is 1. The fourth-order valence-corrected chi connectivity index (χ4v) is 2.21. The molecule has 1 aliphatic heterocycles. The normalized spacial score (nSPS) is 13.1. The van der Waals surface area contributed by atoms with Crippen molar-refractivity contribution in [2.75, 3.05) is 6.79 Å². The second-order valence-electron chi connectivity index (χ2n) is 4.74. The maximum Gasteiger partial charge on any atom is 0.231 e. The molecule has 0 atom stereocenters. The molecule has 1 aliphatic rings. The van der Waals surface area contributed by atoms with Crippen molar-refractivity contribution in [2.45, 2.75) is 6.92 Å². The highest BCUT2D eigenvalue weighted by Gasteiger charge is 2.15. The van der Waals surface area contributed by atoms with Crippen molar-refractivity contribution in [1.82, 2.24) is 0 Å². The maximum absolute atomic E-state index is 13.3. The van der Waals surface area contributed by atoms with Crippen LogP contribution in [0.15, 0.2) is 36.4 Å². The van der Waals surface area contributed by atoms with Crippen molar-refractivity contribution in [3.8, 4) is 17.6 Å². The lowest BCUT2D eigenvalue weighted by Gasteiger charge is -2.05. The Kier molecular flexibility index (Phi) is 3.33. The molecular formula is C17H12FNO2. The minimum Gasteiger partial charge on any atom is -0.454 e. The molecule has 0 unspecified atom stereocenters. The lowest BCUT2D eigenvalue weighted by atomic mass is 10.0. The topological polar surface area (TPSA) is 42.2 Å². The highest BCUT2D eigenvalue weighted by molar-refractivity contribution is 5.90. The summed E-state index contributed by atoms with van der Waals surface area (Å²) in [6.07, 6.45) is 1.73. The first kappa shape index (κ1) is 13.2. The average Bonchev–Trinajstić information content (AvgIpc) is 2.91. The van der Waals surface area contributed by atoms with E-state index < -0.39 is 0 Å². The lowest BCUT2D eigenvalue weighted by Crippen LogP contribution is -1.92. The zero-order chi connectivity index (χ0) is 14.8. The molecule has 3 nitrogen and oxygen atoms in total. The van der Waals surface area contributed by atoms with Gasteiger partial charge < -0.3 is 9.47 Å². The molecule has 0 fully saturated rings. The minimum absolute atomic E-state index is 0.205. The standard InChI is InChI=1S/C17H12FNO2/c1-11-5-16-17(21-10-20-16)8-13(11)6-14(9-19)12-3-2-4-15(18)7-12/h2-8H,10H2,1H3/b14-6-. The fraction of sp³-hybridized carbons (Fsp3) is 0.118. The van der Waals surface area contributed by atoms with Crippen molar-refractivity contribution in [3.05, 3.63) is 58.9 Å². The Morgan fingerprint density at radius 3 is 2.71 bits per heavy atom. The van der Waals surface area contributed by atoms with Crippen LogP contribution in [0.2, 0.25) is 0 Å². The van der Waals surface area contributed by atoms with Crippen LogP contribution in [0.5, 0.6) is 11.5 Å². The Labute approximate surface area is 121 Å². The smallest absolute Gasteiger partial charge is 0.231 e. The lowest BCUT2D eigenvalue weighted by molar-refractivity contribution is 0.174. The minimum atomic E-state index is -0.365. The van der Waals surface area contributed by atoms with Gasteiger partial charge in [0.2, 0.25) is 6.79 Å². The summed E-state index contributed by atoms with van der Waals surface area (Å²) in [6.45, 7) is 2.13. The molecule has 0 saturated carbocycles. The third-order valence-corrected chi connectivity index (χ3v) is 3.32. The van der Waals surface area contributed by atoms with Gasteiger partial charge in [0.1, 0.15) is 5.82 Å². The zero-order valence-electron chi connectivity index (χ0n) is 11.4. The van der Waals surface area contributed by atoms with E-state index in [-0.39, 0.29) is 12.6 Å². The van der Waals surface area contributed by atoms with Crippen LogP contribution < -0.4 is 9.47 Å². The molecule has 21 heavy (non-hydrogen) atoms. The van der Waals surface area contributed by atoms with Crippen LogP contribution >= 0.6 is 0 Å². The number of hydrogen-bond donors (Lipinski definition) is 0. The van der Waals surface area contributed by atoms with Crippen molar-refractivity contribution < 1.29 is 13.9 Å². The van der Waals surface area contributed by atoms with Gasteiger partial charge in [-0.2, -0.15) is 5.26 Å². The summed E-state index contributed by atoms with van der Waals surface area (Å²) in [5, 5.41) is 9.32. The maximum atomic E-state index is 13.3. The summed E-state index contributed by atoms with van der Waals surface area (Å²) in [7, 11) is 0. The number of nitriles is 1. The van der Waals surface area contributed by atoms with Crippen LogP contribution in [0.25, 0.3) is 11.6 Å². The van der Waals surface area contributed by atoms with Crippen LogP contribution in [-0.2, 0) is 0 Å². The van der Waals surface area contributed by atoms with Crippen LogP contribution in [0, 0.1) is 24.1 Å². The molecule has 3 rings (SSSR count). The average molecular weight is 281 g/mol. The second kappa shape index (κ2) is 5.29. The Bertz CT molecular complexity index is 775. The molecule has 0 saturated heterocycles. The number of allylic oxidation sites excluding steroid dienone is 1. The summed E-state index contributed by atoms with van der Waals surface area (Å²) in [5.74, 6) is 0.994. The fourth-order valence-electron chi connectivity index (χ4n) is 2.21. The molecule has 0 bridgehead atoms. The molecule has 0 radical (unpaired) electrons. The number of ether oxygens (including phenoxy) is 2. The third kappa shape index (κ3) is 2.59. The number of hydrogen-bond acceptors (Lipinski definition) is 3. The Hall–Kier alpha value is -2.80. The van der Waals surface area contributed by atoms with Crippen LogP contribution in [0.1, 0.15) is 16.7 Å². The van der Waals surface area contributed by atoms with Crippen LogP contribution in [-0.4, -0.2) is 6.79 Å². The predicted octanol–water partition coefficient (Wildman–Crippen LogP) is 3.93. The quantitative estimate of drug-likeness (QED) is 0.618. The van der Waals surface area contributed by atoms with E-state index in [1.54, 1.807) is 18.2 Å². The molecule has 0 aliphatic carbocycles. The van der Waals surface area contributed by atoms with E-state index in [2.05, 4.69) is 6.07 Å². The Morgan fingerprint density at radius 1 is 1.24 bits per heavy atom. The second-order valence-corrected chi connectivity index (χ2v) is 4.74. The van der Waals surface area contributed by atoms with Gasteiger partial charge in [-0.25, -0.2) is 4.39 Å². The van der Waals surface area contributed by atoms with Gasteiger partial charge in [0.25, 0.3) is 0 Å². The van der Waals surface area contributed by atoms with Gasteiger partial charge in [-0.15, -0.1) is 0 Å². The molecule has 0 N–H and O–H groups in total. The van der Waals surface area contributed by atoms with Crippen molar-refractivity contribution in [1.29, 1.82) is 5.26 Å². The highest BCUT2D eigenvalue weighted by Crippen LogP contribution is 2.35. The molecule has 104 valence electrons. The number of benzene rings is 2. The zero-order valence-corrected chi connectivity index (χ0v) is 11.4. The van der Waals surface area contributed by atoms with Gasteiger partial charge >= 0.3 is 0 Å². The first-order valence-electron chi connectivity index (χ1n) is 6.45. The number of rotatable bonds is 2. The van der Waals surface area contributed by atoms with E-state index in [0.29, 0.717) is 22.6 Å². The monoisotopic (exact) mass is 281 g/mol. The van der Waals surface area contributed by atoms with E-state index in [1.165, 1.54) is 12.1 Å². The molecule has 4 heteroatoms. The molecule has 0 spiro atoms. The van der Waals surface area contributed by atoms with Crippen LogP contribution in [0.3, 0.4) is 0 Å². The molecule has 2 aromatic rings. The first-order valence-corrected chi connectivity index (χ1v) is 6.45. The number of aryl methyl sites for hydroxylation is 1. The van der Waals surface area contributed by atoms with E-state index in [1.807, 2.05) is 19.1 Å². The number of halogens is 1. The molecule has 2 aromatic carbocycles. The van der Waals surface area contributed by atoms with Gasteiger partial charge in [-0.3, -0.25) is 0 Å². The van der Waals surface area contributed by atoms with E-state index >= 15 is 0 Å². The van der Waals surface area contributed by atoms with Crippen molar-refractivity contribution >= 4 is 11.6 Å². The highest BCUT2D eigenvalue weighted by atomic mass is 19.1. The predicted molar refractivity (Wildman–Crippen MR) is 77.2 cm³/mol. The summed E-state index contributed by atoms with van der Waals surface area (Å²) in [5.41, 5.74) is 2.76. The van der Waals surface area contributed by atoms with Crippen molar-refractivity contribution in [2.24, 2.45) is 0 Å². The van der Waals surface area contributed by atoms with E-state index in [9.17, 15) is 9.65 Å². The molecule has 1 heterocycles. The Balaban J connectivity index is 2.06. The Morgan fingerprint density at radius 2 is 2.00 bits per heavy atom. The first-order chi connectivity index (χ1) is 10.2. The largest absolute Gasteiger partial charge is 0.454 e. The SMILES string of the molecule is Cc1cc2c(cc1/C=C(/C#N)c1cccc(F)c1)OCO2. The van der Waals surface area contributed by atoms with Gasteiger partial charge in [-0.1, -0.05) is 12.1 Å². The molecule has 0 aromatic heterocycles. The third-order valence-electron chi connectivity index (χ3n) is 3.32. The molecular weight excluding hydrogens is 269 g/mol. The summed E-state index contributed by atoms with van der Waals surface area (Å²) in [6, 6.07) is 11.8.